The number of aromatic nitrogens is 1. The Morgan fingerprint density at radius 2 is 2.05 bits per heavy atom. The Morgan fingerprint density at radius 3 is 2.55 bits per heavy atom. The van der Waals surface area contributed by atoms with E-state index >= 15 is 0 Å². The molecular weight excluding hydrogens is 266 g/mol. The SMILES string of the molecule is CCC1(CC)CCN(c2nc(C)cc(C)c2C(N)=S)C1. The van der Waals surface area contributed by atoms with E-state index in [0.29, 0.717) is 10.4 Å². The molecule has 110 valence electrons. The lowest BCUT2D eigenvalue weighted by atomic mass is 9.82. The van der Waals surface area contributed by atoms with Crippen LogP contribution in [0, 0.1) is 19.3 Å². The van der Waals surface area contributed by atoms with Crippen molar-refractivity contribution in [2.45, 2.75) is 47.0 Å². The summed E-state index contributed by atoms with van der Waals surface area (Å²) in [6.07, 6.45) is 3.66. The maximum Gasteiger partial charge on any atom is 0.139 e. The quantitative estimate of drug-likeness (QED) is 0.864. The average Bonchev–Trinajstić information content (AvgIpc) is 2.82. The van der Waals surface area contributed by atoms with Crippen LogP contribution in [-0.4, -0.2) is 23.1 Å². The van der Waals surface area contributed by atoms with Crippen LogP contribution in [0.4, 0.5) is 5.82 Å². The van der Waals surface area contributed by atoms with E-state index in [9.17, 15) is 0 Å². The Hall–Kier alpha value is -1.16. The van der Waals surface area contributed by atoms with Gasteiger partial charge in [0.15, 0.2) is 0 Å². The fourth-order valence-corrected chi connectivity index (χ4v) is 3.55. The van der Waals surface area contributed by atoms with Gasteiger partial charge in [0.2, 0.25) is 0 Å². The molecule has 1 aliphatic rings. The van der Waals surface area contributed by atoms with Crippen molar-refractivity contribution >= 4 is 23.0 Å². The zero-order chi connectivity index (χ0) is 14.9. The second kappa shape index (κ2) is 5.68. The molecule has 1 aliphatic heterocycles. The highest BCUT2D eigenvalue weighted by molar-refractivity contribution is 7.80. The Balaban J connectivity index is 2.41. The third kappa shape index (κ3) is 2.66. The summed E-state index contributed by atoms with van der Waals surface area (Å²) in [5.74, 6) is 0.985. The van der Waals surface area contributed by atoms with E-state index < -0.39 is 0 Å². The maximum atomic E-state index is 5.93. The first-order chi connectivity index (χ1) is 9.42. The van der Waals surface area contributed by atoms with Crippen molar-refractivity contribution in [2.24, 2.45) is 11.1 Å². The van der Waals surface area contributed by atoms with Gasteiger partial charge < -0.3 is 10.6 Å². The molecule has 0 spiro atoms. The molecule has 0 saturated carbocycles. The van der Waals surface area contributed by atoms with Gasteiger partial charge in [0.05, 0.1) is 5.56 Å². The topological polar surface area (TPSA) is 42.2 Å². The number of nitrogens with zero attached hydrogens (tertiary/aromatic N) is 2. The summed E-state index contributed by atoms with van der Waals surface area (Å²) in [4.78, 5) is 7.56. The Morgan fingerprint density at radius 1 is 1.40 bits per heavy atom. The Bertz CT molecular complexity index is 521. The van der Waals surface area contributed by atoms with Gasteiger partial charge >= 0.3 is 0 Å². The van der Waals surface area contributed by atoms with Crippen molar-refractivity contribution in [1.82, 2.24) is 4.98 Å². The molecule has 1 fully saturated rings. The van der Waals surface area contributed by atoms with Gasteiger partial charge in [0, 0.05) is 18.8 Å². The molecule has 4 heteroatoms. The van der Waals surface area contributed by atoms with Crippen LogP contribution >= 0.6 is 12.2 Å². The number of thiocarbonyl (C=S) groups is 1. The molecule has 0 radical (unpaired) electrons. The van der Waals surface area contributed by atoms with Crippen LogP contribution in [0.25, 0.3) is 0 Å². The molecule has 0 aliphatic carbocycles. The summed E-state index contributed by atoms with van der Waals surface area (Å²) in [5.41, 5.74) is 9.47. The summed E-state index contributed by atoms with van der Waals surface area (Å²) < 4.78 is 0. The molecule has 0 bridgehead atoms. The summed E-state index contributed by atoms with van der Waals surface area (Å²) in [6, 6.07) is 2.06. The van der Waals surface area contributed by atoms with Gasteiger partial charge in [-0.2, -0.15) is 0 Å². The molecular formula is C16H25N3S. The molecule has 20 heavy (non-hydrogen) atoms. The third-order valence-corrected chi connectivity index (χ3v) is 5.01. The minimum absolute atomic E-state index is 0.423. The van der Waals surface area contributed by atoms with Crippen LogP contribution in [0.2, 0.25) is 0 Å². The maximum absolute atomic E-state index is 5.93. The smallest absolute Gasteiger partial charge is 0.139 e. The van der Waals surface area contributed by atoms with Crippen LogP contribution in [0.5, 0.6) is 0 Å². The minimum Gasteiger partial charge on any atom is -0.389 e. The second-order valence-corrected chi connectivity index (χ2v) is 6.46. The number of hydrogen-bond acceptors (Lipinski definition) is 3. The first kappa shape index (κ1) is 15.2. The number of anilines is 1. The van der Waals surface area contributed by atoms with E-state index in [0.717, 1.165) is 35.7 Å². The normalized spacial score (nSPS) is 17.5. The highest BCUT2D eigenvalue weighted by atomic mass is 32.1. The van der Waals surface area contributed by atoms with E-state index in [2.05, 4.69) is 31.7 Å². The van der Waals surface area contributed by atoms with Gasteiger partial charge in [-0.05, 0) is 50.2 Å². The number of nitrogens with two attached hydrogens (primary N) is 1. The summed E-state index contributed by atoms with van der Waals surface area (Å²) in [5, 5.41) is 0. The van der Waals surface area contributed by atoms with E-state index in [1.807, 2.05) is 6.92 Å². The van der Waals surface area contributed by atoms with Crippen LogP contribution < -0.4 is 10.6 Å². The molecule has 0 amide bonds. The molecule has 2 rings (SSSR count). The fraction of sp³-hybridized carbons (Fsp3) is 0.625. The van der Waals surface area contributed by atoms with Crippen molar-refractivity contribution in [3.8, 4) is 0 Å². The zero-order valence-electron chi connectivity index (χ0n) is 13.0. The highest BCUT2D eigenvalue weighted by Crippen LogP contribution is 2.39. The van der Waals surface area contributed by atoms with E-state index in [4.69, 9.17) is 22.9 Å². The Kier molecular flexibility index (Phi) is 4.33. The molecule has 1 aromatic heterocycles. The number of aryl methyl sites for hydroxylation is 2. The van der Waals surface area contributed by atoms with Crippen LogP contribution in [0.3, 0.4) is 0 Å². The van der Waals surface area contributed by atoms with E-state index in [1.165, 1.54) is 19.3 Å². The predicted molar refractivity (Wildman–Crippen MR) is 89.4 cm³/mol. The molecule has 2 heterocycles. The van der Waals surface area contributed by atoms with Gasteiger partial charge in [0.1, 0.15) is 10.8 Å². The first-order valence-corrected chi connectivity index (χ1v) is 7.86. The van der Waals surface area contributed by atoms with Gasteiger partial charge in [-0.15, -0.1) is 0 Å². The summed E-state index contributed by atoms with van der Waals surface area (Å²) >= 11 is 5.24. The molecule has 1 saturated heterocycles. The highest BCUT2D eigenvalue weighted by Gasteiger charge is 2.36. The van der Waals surface area contributed by atoms with Crippen molar-refractivity contribution in [2.75, 3.05) is 18.0 Å². The van der Waals surface area contributed by atoms with E-state index in [1.54, 1.807) is 0 Å². The number of pyridine rings is 1. The second-order valence-electron chi connectivity index (χ2n) is 6.02. The molecule has 0 aromatic carbocycles. The lowest BCUT2D eigenvalue weighted by Gasteiger charge is -2.28. The monoisotopic (exact) mass is 291 g/mol. The zero-order valence-corrected chi connectivity index (χ0v) is 13.8. The first-order valence-electron chi connectivity index (χ1n) is 7.45. The van der Waals surface area contributed by atoms with Crippen molar-refractivity contribution in [3.63, 3.8) is 0 Å². The minimum atomic E-state index is 0.423. The van der Waals surface area contributed by atoms with Crippen molar-refractivity contribution in [3.05, 3.63) is 22.9 Å². The fourth-order valence-electron chi connectivity index (χ4n) is 3.29. The molecule has 1 aromatic rings. The van der Waals surface area contributed by atoms with Crippen LogP contribution in [0.1, 0.15) is 49.9 Å². The Labute approximate surface area is 127 Å². The standard InChI is InChI=1S/C16H25N3S/c1-5-16(6-2)7-8-19(10-16)15-13(14(17)20)11(3)9-12(4)18-15/h9H,5-8,10H2,1-4H3,(H2,17,20). The summed E-state index contributed by atoms with van der Waals surface area (Å²) in [6.45, 7) is 10.8. The van der Waals surface area contributed by atoms with Gasteiger partial charge in [-0.1, -0.05) is 26.1 Å². The van der Waals surface area contributed by atoms with Crippen LogP contribution in [0.15, 0.2) is 6.07 Å². The lowest BCUT2D eigenvalue weighted by molar-refractivity contribution is 0.301. The predicted octanol–water partition coefficient (Wildman–Crippen LogP) is 3.35. The van der Waals surface area contributed by atoms with Gasteiger partial charge in [-0.25, -0.2) is 4.98 Å². The van der Waals surface area contributed by atoms with E-state index in [-0.39, 0.29) is 0 Å². The largest absolute Gasteiger partial charge is 0.389 e. The molecule has 0 unspecified atom stereocenters. The van der Waals surface area contributed by atoms with Crippen molar-refractivity contribution in [1.29, 1.82) is 0 Å². The molecule has 2 N–H and O–H groups in total. The van der Waals surface area contributed by atoms with Gasteiger partial charge in [0.25, 0.3) is 0 Å². The lowest BCUT2D eigenvalue weighted by Crippen LogP contribution is -2.29. The van der Waals surface area contributed by atoms with Gasteiger partial charge in [-0.3, -0.25) is 0 Å². The molecule has 3 nitrogen and oxygen atoms in total. The van der Waals surface area contributed by atoms with Crippen molar-refractivity contribution < 1.29 is 0 Å². The number of rotatable bonds is 4. The third-order valence-electron chi connectivity index (χ3n) is 4.81. The number of hydrogen-bond donors (Lipinski definition) is 1. The van der Waals surface area contributed by atoms with Crippen LogP contribution in [-0.2, 0) is 0 Å². The average molecular weight is 291 g/mol. The molecule has 0 atom stereocenters. The summed E-state index contributed by atoms with van der Waals surface area (Å²) in [7, 11) is 0.